The summed E-state index contributed by atoms with van der Waals surface area (Å²) >= 11 is 1.69. The second-order valence-corrected chi connectivity index (χ2v) is 19.5. The number of ether oxygens (including phenoxy) is 3. The molecule has 0 saturated carbocycles. The predicted molar refractivity (Wildman–Crippen MR) is 234 cm³/mol. The fraction of sp³-hybridized carbons (Fsp3) is 0.362. The van der Waals surface area contributed by atoms with Gasteiger partial charge in [0.2, 0.25) is 6.23 Å². The maximum Gasteiger partial charge on any atom is 0.411 e. The van der Waals surface area contributed by atoms with E-state index < -0.39 is 54.0 Å². The highest BCUT2D eigenvalue weighted by atomic mass is 32.1. The molecule has 62 heavy (non-hydrogen) atoms. The van der Waals surface area contributed by atoms with Crippen LogP contribution in [0.3, 0.4) is 0 Å². The van der Waals surface area contributed by atoms with Gasteiger partial charge in [-0.3, -0.25) is 14.4 Å². The minimum absolute atomic E-state index is 0.0529. The van der Waals surface area contributed by atoms with Crippen LogP contribution in [0.15, 0.2) is 85.2 Å². The fourth-order valence-electron chi connectivity index (χ4n) is 8.78. The molecular weight excluding hydrogens is 813 g/mol. The minimum Gasteiger partial charge on any atom is -0.464 e. The van der Waals surface area contributed by atoms with Gasteiger partial charge in [0.05, 0.1) is 65.0 Å². The summed E-state index contributed by atoms with van der Waals surface area (Å²) in [5.74, 6) is 1.68. The van der Waals surface area contributed by atoms with Gasteiger partial charge in [-0.25, -0.2) is 28.3 Å². The van der Waals surface area contributed by atoms with Gasteiger partial charge in [-0.15, -0.1) is 11.3 Å². The largest absolute Gasteiger partial charge is 0.464 e. The lowest BCUT2D eigenvalue weighted by atomic mass is 10.0. The molecule has 5 unspecified atom stereocenters. The molecule has 3 aliphatic heterocycles. The first-order valence-electron chi connectivity index (χ1n) is 20.9. The Bertz CT molecular complexity index is 2830. The number of benzene rings is 3. The third kappa shape index (κ3) is 7.35. The SMILES string of the molecule is CC(C)(C)OC(=O)N1CC(F)CC1c1ncc(-c2ccc3c(c2)OC(c2cc4ccccc4s2)n2c-3cc3cc(-c4cnc(C5CC(F)CN5C(=O)OC(C)(C)C)[nH]4)ccc32)[nH]1. The van der Waals surface area contributed by atoms with Crippen molar-refractivity contribution in [3.05, 3.63) is 102 Å². The standard InChI is InChI=1S/C47H47F2N7O5S/c1-46(2,3)60-44(57)54-23-29(48)19-36(54)41-50-21-32(52-41)25-12-14-34-28(15-25)16-35-31-13-11-26(17-38(31)59-43(56(34)35)40-18-27-9-7-8-10-39(27)62-40)33-22-51-42(53-33)37-20-30(49)24-55(37)45(58)61-47(4,5)6/h7-18,21-22,29-30,36-37,43H,19-20,23-24H2,1-6H3,(H,50,52)(H,51,53). The number of carbonyl (C=O) groups is 2. The molecule has 10 rings (SSSR count). The van der Waals surface area contributed by atoms with Crippen molar-refractivity contribution in [3.8, 4) is 39.5 Å². The summed E-state index contributed by atoms with van der Waals surface area (Å²) < 4.78 is 51.1. The predicted octanol–water partition coefficient (Wildman–Crippen LogP) is 11.3. The van der Waals surface area contributed by atoms with E-state index in [0.29, 0.717) is 23.1 Å². The maximum absolute atomic E-state index is 14.8. The van der Waals surface area contributed by atoms with Crippen molar-refractivity contribution in [2.45, 2.75) is 96.2 Å². The van der Waals surface area contributed by atoms with Crippen LogP contribution in [0.25, 0.3) is 54.8 Å². The van der Waals surface area contributed by atoms with Gasteiger partial charge in [0.1, 0.15) is 40.9 Å². The van der Waals surface area contributed by atoms with E-state index in [9.17, 15) is 18.4 Å². The van der Waals surface area contributed by atoms with Gasteiger partial charge in [0.15, 0.2) is 0 Å². The van der Waals surface area contributed by atoms with Crippen LogP contribution < -0.4 is 4.74 Å². The van der Waals surface area contributed by atoms with Gasteiger partial charge in [-0.05, 0) is 89.4 Å². The van der Waals surface area contributed by atoms with Crippen LogP contribution in [0, 0.1) is 0 Å². The van der Waals surface area contributed by atoms with Crippen LogP contribution in [-0.4, -0.2) is 83.1 Å². The third-order valence-electron chi connectivity index (χ3n) is 11.5. The van der Waals surface area contributed by atoms with Crippen molar-refractivity contribution >= 4 is 44.5 Å². The van der Waals surface area contributed by atoms with Crippen LogP contribution in [-0.2, 0) is 9.47 Å². The fourth-order valence-corrected chi connectivity index (χ4v) is 9.87. The van der Waals surface area contributed by atoms with E-state index in [2.05, 4.69) is 60.9 Å². The molecule has 0 spiro atoms. The topological polar surface area (TPSA) is 131 Å². The molecule has 5 atom stereocenters. The number of rotatable bonds is 5. The van der Waals surface area contributed by atoms with Gasteiger partial charge in [-0.1, -0.05) is 30.3 Å². The molecule has 12 nitrogen and oxygen atoms in total. The lowest BCUT2D eigenvalue weighted by molar-refractivity contribution is 0.0201. The number of thiophene rings is 1. The Kier molecular flexibility index (Phi) is 9.46. The van der Waals surface area contributed by atoms with Gasteiger partial charge in [0.25, 0.3) is 0 Å². The third-order valence-corrected chi connectivity index (χ3v) is 12.6. The highest BCUT2D eigenvalue weighted by molar-refractivity contribution is 7.19. The summed E-state index contributed by atoms with van der Waals surface area (Å²) in [6.45, 7) is 10.6. The zero-order valence-electron chi connectivity index (χ0n) is 35.2. The Morgan fingerprint density at radius 1 is 0.742 bits per heavy atom. The number of imidazole rings is 2. The number of alkyl halides is 2. The highest BCUT2D eigenvalue weighted by Gasteiger charge is 2.42. The van der Waals surface area contributed by atoms with E-state index in [1.54, 1.807) is 65.3 Å². The van der Waals surface area contributed by atoms with Crippen LogP contribution >= 0.6 is 11.3 Å². The van der Waals surface area contributed by atoms with Crippen molar-refractivity contribution in [1.82, 2.24) is 34.3 Å². The number of nitrogens with zero attached hydrogens (tertiary/aromatic N) is 5. The first kappa shape index (κ1) is 39.9. The zero-order valence-corrected chi connectivity index (χ0v) is 36.1. The lowest BCUT2D eigenvalue weighted by Gasteiger charge is -2.29. The van der Waals surface area contributed by atoms with Gasteiger partial charge in [0, 0.05) is 39.6 Å². The van der Waals surface area contributed by atoms with E-state index in [4.69, 9.17) is 14.2 Å². The van der Waals surface area contributed by atoms with E-state index in [-0.39, 0.29) is 25.9 Å². The Hall–Kier alpha value is -6.22. The molecule has 2 fully saturated rings. The number of fused-ring (bicyclic) bond motifs is 6. The first-order valence-corrected chi connectivity index (χ1v) is 21.7. The monoisotopic (exact) mass is 859 g/mol. The van der Waals surface area contributed by atoms with Gasteiger partial charge >= 0.3 is 12.2 Å². The average Bonchev–Trinajstić information content (AvgIpc) is 4.07. The Balaban J connectivity index is 0.994. The molecule has 4 aromatic heterocycles. The normalized spacial score (nSPS) is 21.3. The van der Waals surface area contributed by atoms with Gasteiger partial charge < -0.3 is 24.2 Å². The quantitative estimate of drug-likeness (QED) is 0.176. The summed E-state index contributed by atoms with van der Waals surface area (Å²) in [6.07, 6.45) is -0.308. The number of nitrogens with one attached hydrogen (secondary N) is 2. The van der Waals surface area contributed by atoms with Crippen molar-refractivity contribution in [2.24, 2.45) is 0 Å². The summed E-state index contributed by atoms with van der Waals surface area (Å²) in [5.41, 5.74) is 4.59. The van der Waals surface area contributed by atoms with Crippen molar-refractivity contribution in [2.75, 3.05) is 13.1 Å². The molecule has 0 aliphatic carbocycles. The molecule has 320 valence electrons. The molecule has 0 radical (unpaired) electrons. The van der Waals surface area contributed by atoms with E-state index in [0.717, 1.165) is 53.9 Å². The maximum atomic E-state index is 14.8. The van der Waals surface area contributed by atoms with Crippen molar-refractivity contribution in [3.63, 3.8) is 0 Å². The molecule has 2 N–H and O–H groups in total. The number of likely N-dealkylation sites (tertiary alicyclic amines) is 2. The highest BCUT2D eigenvalue weighted by Crippen LogP contribution is 2.48. The number of carbonyl (C=O) groups excluding carboxylic acids is 2. The molecular formula is C47H47F2N7O5S. The number of amides is 2. The molecule has 2 amide bonds. The zero-order chi connectivity index (χ0) is 43.2. The van der Waals surface area contributed by atoms with E-state index in [1.165, 1.54) is 9.80 Å². The summed E-state index contributed by atoms with van der Waals surface area (Å²) in [7, 11) is 0. The van der Waals surface area contributed by atoms with Crippen LogP contribution in [0.5, 0.6) is 5.75 Å². The molecule has 15 heteroatoms. The summed E-state index contributed by atoms with van der Waals surface area (Å²) in [4.78, 5) is 46.0. The average molecular weight is 860 g/mol. The first-order chi connectivity index (χ1) is 29.5. The second kappa shape index (κ2) is 14.7. The van der Waals surface area contributed by atoms with Crippen LogP contribution in [0.4, 0.5) is 18.4 Å². The number of hydrogen-bond acceptors (Lipinski definition) is 8. The number of hydrogen-bond donors (Lipinski definition) is 2. The van der Waals surface area contributed by atoms with Crippen LogP contribution in [0.1, 0.15) is 89.2 Å². The molecule has 0 bridgehead atoms. The lowest BCUT2D eigenvalue weighted by Crippen LogP contribution is -2.37. The van der Waals surface area contributed by atoms with Crippen LogP contribution in [0.2, 0.25) is 0 Å². The number of aromatic nitrogens is 5. The molecule has 7 heterocycles. The number of H-pyrrole nitrogens is 2. The summed E-state index contributed by atoms with van der Waals surface area (Å²) in [6, 6.07) is 23.7. The van der Waals surface area contributed by atoms with Crippen molar-refractivity contribution < 1.29 is 32.6 Å². The van der Waals surface area contributed by atoms with Gasteiger partial charge in [-0.2, -0.15) is 0 Å². The number of aromatic amines is 2. The minimum atomic E-state index is -1.19. The Labute approximate surface area is 360 Å². The Morgan fingerprint density at radius 2 is 1.32 bits per heavy atom. The molecule has 7 aromatic rings. The number of halogens is 2. The second-order valence-electron chi connectivity index (χ2n) is 18.4. The van der Waals surface area contributed by atoms with E-state index in [1.807, 2.05) is 36.4 Å². The Morgan fingerprint density at radius 3 is 1.92 bits per heavy atom. The molecule has 2 saturated heterocycles. The smallest absolute Gasteiger partial charge is 0.411 e. The van der Waals surface area contributed by atoms with Crippen molar-refractivity contribution in [1.29, 1.82) is 0 Å². The molecule has 3 aliphatic rings. The summed E-state index contributed by atoms with van der Waals surface area (Å²) in [5, 5.41) is 2.11. The molecule has 3 aromatic carbocycles. The van der Waals surface area contributed by atoms with E-state index >= 15 is 0 Å².